The second kappa shape index (κ2) is 7.37. The summed E-state index contributed by atoms with van der Waals surface area (Å²) in [5, 5.41) is 10.1. The number of nitrogens with zero attached hydrogens (tertiary/aromatic N) is 2. The molecule has 0 aliphatic carbocycles. The lowest BCUT2D eigenvalue weighted by Gasteiger charge is -2.70. The molecule has 2 aromatic rings. The number of benzene rings is 2. The van der Waals surface area contributed by atoms with Gasteiger partial charge in [-0.2, -0.15) is 0 Å². The van der Waals surface area contributed by atoms with Crippen molar-refractivity contribution in [2.24, 2.45) is 0 Å². The van der Waals surface area contributed by atoms with Crippen LogP contribution in [0.25, 0.3) is 0 Å². The molecule has 0 unspecified atom stereocenters. The van der Waals surface area contributed by atoms with E-state index in [1.807, 2.05) is 48.5 Å². The number of hydrogen-bond donors (Lipinski definition) is 1. The molecule has 6 heteroatoms. The van der Waals surface area contributed by atoms with Crippen LogP contribution in [0.1, 0.15) is 21.8 Å². The zero-order valence-electron chi connectivity index (χ0n) is 15.8. The molecule has 0 radical (unpaired) electrons. The van der Waals surface area contributed by atoms with Crippen LogP contribution in [0.4, 0.5) is 0 Å². The molecule has 0 bridgehead atoms. The van der Waals surface area contributed by atoms with Crippen molar-refractivity contribution < 1.29 is 19.4 Å². The average Bonchev–Trinajstić information content (AvgIpc) is 2.68. The normalized spacial score (nSPS) is 22.5. The first-order valence-corrected chi connectivity index (χ1v) is 9.43. The van der Waals surface area contributed by atoms with E-state index in [0.717, 1.165) is 5.56 Å². The number of hydrogen-bond acceptors (Lipinski definition) is 4. The standard InChI is InChI=1S/C22H24N2O4/c1-28-13-19(26)23-14-22(15-23)20(16-8-4-2-5-9-16)18(12-25)24(22)21(27)17-10-6-3-7-11-17/h2-11,18,20,25H,12-15H2,1H3/t18-,20+/m0/s1. The SMILES string of the molecule is COCC(=O)N1CC2(C1)[C@H](c1ccccc1)[C@H](CO)N2C(=O)c1ccccc1. The molecular weight excluding hydrogens is 356 g/mol. The third-order valence-electron chi connectivity index (χ3n) is 5.91. The summed E-state index contributed by atoms with van der Waals surface area (Å²) in [4.78, 5) is 29.0. The summed E-state index contributed by atoms with van der Waals surface area (Å²) in [6.45, 7) is 0.807. The summed E-state index contributed by atoms with van der Waals surface area (Å²) in [5.74, 6) is -0.205. The highest BCUT2D eigenvalue weighted by atomic mass is 16.5. The third-order valence-corrected chi connectivity index (χ3v) is 5.91. The van der Waals surface area contributed by atoms with Gasteiger partial charge in [-0.15, -0.1) is 0 Å². The van der Waals surface area contributed by atoms with E-state index in [4.69, 9.17) is 4.74 Å². The van der Waals surface area contributed by atoms with Gasteiger partial charge in [0.25, 0.3) is 5.91 Å². The van der Waals surface area contributed by atoms with Crippen LogP contribution in [0.15, 0.2) is 60.7 Å². The van der Waals surface area contributed by atoms with Gasteiger partial charge in [-0.3, -0.25) is 9.59 Å². The van der Waals surface area contributed by atoms with Gasteiger partial charge in [-0.1, -0.05) is 48.5 Å². The Balaban J connectivity index is 1.67. The molecule has 2 heterocycles. The second-order valence-corrected chi connectivity index (χ2v) is 7.47. The van der Waals surface area contributed by atoms with Crippen LogP contribution >= 0.6 is 0 Å². The van der Waals surface area contributed by atoms with Gasteiger partial charge in [0.1, 0.15) is 6.61 Å². The summed E-state index contributed by atoms with van der Waals surface area (Å²) in [6.07, 6.45) is 0. The first-order valence-electron chi connectivity index (χ1n) is 9.43. The van der Waals surface area contributed by atoms with Crippen LogP contribution in [-0.2, 0) is 9.53 Å². The fourth-order valence-corrected chi connectivity index (χ4v) is 4.71. The Hall–Kier alpha value is -2.70. The molecule has 0 aromatic heterocycles. The van der Waals surface area contributed by atoms with Gasteiger partial charge < -0.3 is 19.6 Å². The number of aliphatic hydroxyl groups is 1. The number of carbonyl (C=O) groups excluding carboxylic acids is 2. The van der Waals surface area contributed by atoms with Crippen LogP contribution in [0.5, 0.6) is 0 Å². The predicted octanol–water partition coefficient (Wildman–Crippen LogP) is 1.51. The Morgan fingerprint density at radius 3 is 2.25 bits per heavy atom. The molecular formula is C22H24N2O4. The summed E-state index contributed by atoms with van der Waals surface area (Å²) in [7, 11) is 1.50. The van der Waals surface area contributed by atoms with Gasteiger partial charge >= 0.3 is 0 Å². The van der Waals surface area contributed by atoms with Gasteiger partial charge in [0.15, 0.2) is 0 Å². The van der Waals surface area contributed by atoms with Gasteiger partial charge in [0.05, 0.1) is 18.2 Å². The zero-order valence-corrected chi connectivity index (χ0v) is 15.8. The van der Waals surface area contributed by atoms with Crippen LogP contribution in [0, 0.1) is 0 Å². The van der Waals surface area contributed by atoms with E-state index >= 15 is 0 Å². The van der Waals surface area contributed by atoms with E-state index in [9.17, 15) is 14.7 Å². The van der Waals surface area contributed by atoms with Crippen LogP contribution < -0.4 is 0 Å². The van der Waals surface area contributed by atoms with Gasteiger partial charge in [0.2, 0.25) is 5.91 Å². The number of amides is 2. The van der Waals surface area contributed by atoms with E-state index in [2.05, 4.69) is 0 Å². The van der Waals surface area contributed by atoms with Gasteiger partial charge in [0, 0.05) is 31.7 Å². The maximum absolute atomic E-state index is 13.3. The molecule has 2 atom stereocenters. The van der Waals surface area contributed by atoms with E-state index in [0.29, 0.717) is 18.7 Å². The second-order valence-electron chi connectivity index (χ2n) is 7.47. The van der Waals surface area contributed by atoms with E-state index in [-0.39, 0.29) is 37.0 Å². The largest absolute Gasteiger partial charge is 0.394 e. The summed E-state index contributed by atoms with van der Waals surface area (Å²) in [5.41, 5.74) is 1.18. The smallest absolute Gasteiger partial charge is 0.254 e. The molecule has 2 aliphatic rings. The fraction of sp³-hybridized carbons (Fsp3) is 0.364. The highest BCUT2D eigenvalue weighted by molar-refractivity contribution is 5.96. The van der Waals surface area contributed by atoms with Gasteiger partial charge in [-0.05, 0) is 17.7 Å². The van der Waals surface area contributed by atoms with E-state index in [1.165, 1.54) is 7.11 Å². The molecule has 0 saturated carbocycles. The van der Waals surface area contributed by atoms with E-state index in [1.54, 1.807) is 21.9 Å². The molecule has 6 nitrogen and oxygen atoms in total. The number of aliphatic hydroxyl groups excluding tert-OH is 1. The summed E-state index contributed by atoms with van der Waals surface area (Å²) < 4.78 is 4.97. The minimum absolute atomic E-state index is 0.0158. The topological polar surface area (TPSA) is 70.1 Å². The maximum atomic E-state index is 13.3. The van der Waals surface area contributed by atoms with Crippen molar-refractivity contribution in [2.75, 3.05) is 33.4 Å². The lowest BCUT2D eigenvalue weighted by Crippen LogP contribution is -2.86. The number of carbonyl (C=O) groups is 2. The van der Waals surface area contributed by atoms with Crippen molar-refractivity contribution in [1.29, 1.82) is 0 Å². The number of ether oxygens (including phenoxy) is 1. The summed E-state index contributed by atoms with van der Waals surface area (Å²) >= 11 is 0. The molecule has 2 aromatic carbocycles. The van der Waals surface area contributed by atoms with Crippen LogP contribution in [0.2, 0.25) is 0 Å². The monoisotopic (exact) mass is 380 g/mol. The highest BCUT2D eigenvalue weighted by Gasteiger charge is 2.68. The molecule has 2 aliphatic heterocycles. The van der Waals surface area contributed by atoms with Crippen molar-refractivity contribution >= 4 is 11.8 Å². The quantitative estimate of drug-likeness (QED) is 0.854. The van der Waals surface area contributed by atoms with Crippen molar-refractivity contribution in [3.8, 4) is 0 Å². The number of methoxy groups -OCH3 is 1. The Labute approximate surface area is 164 Å². The Morgan fingerprint density at radius 2 is 1.68 bits per heavy atom. The molecule has 28 heavy (non-hydrogen) atoms. The molecule has 2 fully saturated rings. The minimum Gasteiger partial charge on any atom is -0.394 e. The Bertz CT molecular complexity index is 849. The van der Waals surface area contributed by atoms with Crippen molar-refractivity contribution in [1.82, 2.24) is 9.80 Å². The van der Waals surface area contributed by atoms with Crippen LogP contribution in [-0.4, -0.2) is 71.7 Å². The Kier molecular flexibility index (Phi) is 4.91. The lowest BCUT2D eigenvalue weighted by molar-refractivity contribution is -0.180. The predicted molar refractivity (Wildman–Crippen MR) is 104 cm³/mol. The molecule has 4 rings (SSSR count). The van der Waals surface area contributed by atoms with Gasteiger partial charge in [-0.25, -0.2) is 0 Å². The van der Waals surface area contributed by atoms with Crippen LogP contribution in [0.3, 0.4) is 0 Å². The fourth-order valence-electron chi connectivity index (χ4n) is 4.71. The highest BCUT2D eigenvalue weighted by Crippen LogP contribution is 2.54. The molecule has 2 amide bonds. The molecule has 2 saturated heterocycles. The van der Waals surface area contributed by atoms with Crippen molar-refractivity contribution in [2.45, 2.75) is 17.5 Å². The van der Waals surface area contributed by atoms with Crippen molar-refractivity contribution in [3.05, 3.63) is 71.8 Å². The van der Waals surface area contributed by atoms with Crippen molar-refractivity contribution in [3.63, 3.8) is 0 Å². The average molecular weight is 380 g/mol. The molecule has 146 valence electrons. The molecule has 1 spiro atoms. The zero-order chi connectivity index (χ0) is 19.7. The minimum atomic E-state index is -0.495. The first-order chi connectivity index (χ1) is 13.6. The number of rotatable bonds is 5. The van der Waals surface area contributed by atoms with E-state index < -0.39 is 5.54 Å². The Morgan fingerprint density at radius 1 is 1.07 bits per heavy atom. The maximum Gasteiger partial charge on any atom is 0.254 e. The lowest BCUT2D eigenvalue weighted by atomic mass is 9.60. The third kappa shape index (κ3) is 2.80. The number of likely N-dealkylation sites (tertiary alicyclic amines) is 2. The summed E-state index contributed by atoms with van der Waals surface area (Å²) in [6, 6.07) is 18.7. The first kappa shape index (κ1) is 18.7. The molecule has 1 N–H and O–H groups in total.